The van der Waals surface area contributed by atoms with Crippen molar-refractivity contribution in [3.8, 4) is 11.8 Å². The van der Waals surface area contributed by atoms with Gasteiger partial charge in [-0.3, -0.25) is 14.3 Å². The number of carbonyl (C=O) groups is 1. The van der Waals surface area contributed by atoms with Gasteiger partial charge >= 0.3 is 0 Å². The number of carbonyl (C=O) groups excluding carboxylic acids is 1. The summed E-state index contributed by atoms with van der Waals surface area (Å²) in [5.74, 6) is 0.149. The van der Waals surface area contributed by atoms with E-state index < -0.39 is 5.54 Å². The Morgan fingerprint density at radius 3 is 2.45 bits per heavy atom. The number of nitrogens with zero attached hydrogens (tertiary/aromatic N) is 5. The number of benzene rings is 1. The van der Waals surface area contributed by atoms with Gasteiger partial charge in [-0.05, 0) is 58.1 Å². The van der Waals surface area contributed by atoms with Crippen molar-refractivity contribution in [1.29, 1.82) is 5.26 Å². The van der Waals surface area contributed by atoms with E-state index >= 15 is 0 Å². The minimum absolute atomic E-state index is 0.0307. The van der Waals surface area contributed by atoms with E-state index in [1.54, 1.807) is 19.1 Å². The second-order valence-electron chi connectivity index (χ2n) is 7.60. The summed E-state index contributed by atoms with van der Waals surface area (Å²) >= 11 is 1.22. The molecule has 1 heterocycles. The lowest BCUT2D eigenvalue weighted by molar-refractivity contribution is -0.120. The maximum Gasteiger partial charge on any atom is 0.231 e. The topological polar surface area (TPSA) is 86.8 Å². The molecule has 7 nitrogen and oxygen atoms in total. The van der Waals surface area contributed by atoms with E-state index in [4.69, 9.17) is 0 Å². The number of thioether (sulfide) groups is 1. The van der Waals surface area contributed by atoms with Crippen molar-refractivity contribution in [2.24, 2.45) is 5.92 Å². The molecular weight excluding hydrogens is 391 g/mol. The first-order valence-corrected chi connectivity index (χ1v) is 10.3. The number of halogens is 1. The van der Waals surface area contributed by atoms with E-state index in [0.29, 0.717) is 16.7 Å². The quantitative estimate of drug-likeness (QED) is 0.663. The third kappa shape index (κ3) is 5.34. The van der Waals surface area contributed by atoms with Crippen molar-refractivity contribution in [1.82, 2.24) is 25.0 Å². The van der Waals surface area contributed by atoms with Crippen molar-refractivity contribution in [2.75, 3.05) is 19.8 Å². The molecule has 0 fully saturated rings. The minimum atomic E-state index is -0.938. The Kier molecular flexibility index (Phi) is 7.38. The Balaban J connectivity index is 2.28. The van der Waals surface area contributed by atoms with E-state index in [1.807, 2.05) is 44.3 Å². The van der Waals surface area contributed by atoms with Crippen molar-refractivity contribution >= 4 is 17.7 Å². The summed E-state index contributed by atoms with van der Waals surface area (Å²) in [6.07, 6.45) is 0. The lowest BCUT2D eigenvalue weighted by Crippen LogP contribution is -2.49. The summed E-state index contributed by atoms with van der Waals surface area (Å²) in [7, 11) is 3.87. The zero-order valence-electron chi connectivity index (χ0n) is 17.6. The van der Waals surface area contributed by atoms with Crippen LogP contribution in [0, 0.1) is 23.1 Å². The molecule has 2 atom stereocenters. The highest BCUT2D eigenvalue weighted by Crippen LogP contribution is 2.27. The zero-order chi connectivity index (χ0) is 21.8. The summed E-state index contributed by atoms with van der Waals surface area (Å²) in [6.45, 7) is 7.47. The van der Waals surface area contributed by atoms with E-state index in [0.717, 1.165) is 0 Å². The predicted molar refractivity (Wildman–Crippen MR) is 111 cm³/mol. The lowest BCUT2D eigenvalue weighted by Gasteiger charge is -2.27. The van der Waals surface area contributed by atoms with Gasteiger partial charge in [-0.2, -0.15) is 5.26 Å². The molecule has 0 aliphatic rings. The second kappa shape index (κ2) is 9.37. The summed E-state index contributed by atoms with van der Waals surface area (Å²) < 4.78 is 15.2. The molecule has 9 heteroatoms. The molecule has 156 valence electrons. The molecule has 0 saturated carbocycles. The van der Waals surface area contributed by atoms with E-state index in [1.165, 1.54) is 23.9 Å². The highest BCUT2D eigenvalue weighted by atomic mass is 32.2. The van der Waals surface area contributed by atoms with Gasteiger partial charge in [-0.1, -0.05) is 25.6 Å². The SMILES string of the molecule is CC(C)[C@](C)(C#N)NC(=O)CSc1nnc([C@@H](C)N(C)C)n1-c1ccc(F)cc1. The Morgan fingerprint density at radius 2 is 1.93 bits per heavy atom. The highest BCUT2D eigenvalue weighted by molar-refractivity contribution is 7.99. The first kappa shape index (κ1) is 22.8. The molecule has 0 unspecified atom stereocenters. The van der Waals surface area contributed by atoms with Crippen LogP contribution in [0.15, 0.2) is 29.4 Å². The third-order valence-corrected chi connectivity index (χ3v) is 5.94. The van der Waals surface area contributed by atoms with Gasteiger partial charge in [-0.15, -0.1) is 10.2 Å². The van der Waals surface area contributed by atoms with Gasteiger partial charge in [0.25, 0.3) is 0 Å². The second-order valence-corrected chi connectivity index (χ2v) is 8.54. The van der Waals surface area contributed by atoms with Crippen LogP contribution in [0.25, 0.3) is 5.69 Å². The van der Waals surface area contributed by atoms with Gasteiger partial charge in [0.1, 0.15) is 11.4 Å². The van der Waals surface area contributed by atoms with Crippen LogP contribution in [0.4, 0.5) is 4.39 Å². The van der Waals surface area contributed by atoms with Crippen LogP contribution in [-0.2, 0) is 4.79 Å². The Hall–Kier alpha value is -2.44. The van der Waals surface area contributed by atoms with Crippen LogP contribution in [0.5, 0.6) is 0 Å². The van der Waals surface area contributed by atoms with Gasteiger partial charge < -0.3 is 5.32 Å². The number of nitriles is 1. The first-order valence-electron chi connectivity index (χ1n) is 9.31. The Labute approximate surface area is 175 Å². The molecule has 2 aromatic rings. The Morgan fingerprint density at radius 1 is 1.31 bits per heavy atom. The number of hydrogen-bond acceptors (Lipinski definition) is 6. The van der Waals surface area contributed by atoms with Crippen LogP contribution in [0.2, 0.25) is 0 Å². The van der Waals surface area contributed by atoms with Crippen LogP contribution in [0.1, 0.15) is 39.6 Å². The maximum atomic E-state index is 13.4. The number of nitrogens with one attached hydrogen (secondary N) is 1. The molecule has 2 rings (SSSR count). The predicted octanol–water partition coefficient (Wildman–Crippen LogP) is 3.18. The smallest absolute Gasteiger partial charge is 0.231 e. The molecular formula is C20H27FN6OS. The Bertz CT molecular complexity index is 889. The monoisotopic (exact) mass is 418 g/mol. The first-order chi connectivity index (χ1) is 13.6. The van der Waals surface area contributed by atoms with E-state index in [-0.39, 0.29) is 29.4 Å². The third-order valence-electron chi connectivity index (χ3n) is 5.01. The summed E-state index contributed by atoms with van der Waals surface area (Å²) in [5.41, 5.74) is -0.223. The van der Waals surface area contributed by atoms with Crippen LogP contribution in [-0.4, -0.2) is 51.0 Å². The zero-order valence-corrected chi connectivity index (χ0v) is 18.4. The molecule has 1 amide bonds. The van der Waals surface area contributed by atoms with Crippen LogP contribution in [0.3, 0.4) is 0 Å². The number of hydrogen-bond donors (Lipinski definition) is 1. The molecule has 0 radical (unpaired) electrons. The molecule has 0 saturated heterocycles. The summed E-state index contributed by atoms with van der Waals surface area (Å²) in [5, 5.41) is 21.3. The molecule has 0 aliphatic heterocycles. The fourth-order valence-electron chi connectivity index (χ4n) is 2.47. The fraction of sp³-hybridized carbons (Fsp3) is 0.500. The molecule has 1 N–H and O–H groups in total. The highest BCUT2D eigenvalue weighted by Gasteiger charge is 2.30. The van der Waals surface area contributed by atoms with Crippen molar-refractivity contribution in [3.05, 3.63) is 35.9 Å². The van der Waals surface area contributed by atoms with Gasteiger partial charge in [0.15, 0.2) is 11.0 Å². The lowest BCUT2D eigenvalue weighted by atomic mass is 9.90. The maximum absolute atomic E-state index is 13.4. The van der Waals surface area contributed by atoms with Gasteiger partial charge in [-0.25, -0.2) is 4.39 Å². The van der Waals surface area contributed by atoms with Gasteiger partial charge in [0.05, 0.1) is 17.9 Å². The average molecular weight is 419 g/mol. The summed E-state index contributed by atoms with van der Waals surface area (Å²) in [6, 6.07) is 8.18. The van der Waals surface area contributed by atoms with E-state index in [2.05, 4.69) is 21.6 Å². The number of aromatic nitrogens is 3. The van der Waals surface area contributed by atoms with Crippen LogP contribution >= 0.6 is 11.8 Å². The van der Waals surface area contributed by atoms with Crippen LogP contribution < -0.4 is 5.32 Å². The number of amides is 1. The number of rotatable bonds is 8. The molecule has 0 aliphatic carbocycles. The van der Waals surface area contributed by atoms with Gasteiger partial charge in [0, 0.05) is 5.69 Å². The van der Waals surface area contributed by atoms with Crippen molar-refractivity contribution in [3.63, 3.8) is 0 Å². The van der Waals surface area contributed by atoms with Gasteiger partial charge in [0.2, 0.25) is 5.91 Å². The van der Waals surface area contributed by atoms with E-state index in [9.17, 15) is 14.4 Å². The molecule has 0 bridgehead atoms. The standard InChI is InChI=1S/C20H27FN6OS/c1-13(2)20(4,12-22)23-17(28)11-29-19-25-24-18(14(3)26(5)6)27(19)16-9-7-15(21)8-10-16/h7-10,13-14H,11H2,1-6H3,(H,23,28)/t14-,20+/m1/s1. The normalized spacial score (nSPS) is 14.5. The van der Waals surface area contributed by atoms with Crippen molar-refractivity contribution < 1.29 is 9.18 Å². The largest absolute Gasteiger partial charge is 0.337 e. The molecule has 1 aromatic carbocycles. The summed E-state index contributed by atoms with van der Waals surface area (Å²) in [4.78, 5) is 14.4. The fourth-order valence-corrected chi connectivity index (χ4v) is 3.23. The minimum Gasteiger partial charge on any atom is -0.337 e. The molecule has 29 heavy (non-hydrogen) atoms. The van der Waals surface area contributed by atoms with Crippen molar-refractivity contribution in [2.45, 2.75) is 44.4 Å². The molecule has 0 spiro atoms. The average Bonchev–Trinajstić information content (AvgIpc) is 3.09. The molecule has 1 aromatic heterocycles.